The van der Waals surface area contributed by atoms with Crippen LogP contribution in [0.3, 0.4) is 0 Å². The molecular formula is C26H34N2O6. The summed E-state index contributed by atoms with van der Waals surface area (Å²) in [5.74, 6) is -3.25. The standard InChI is InChI=1S/C26H34N2O6/c1-6-20-25(21(29)30,27-23(33)34-24(3,4)5)16-28(26(20,7-2)22(31)32)15-17-12-13-18-10-8-9-11-19(18)14-17/h8-14,20H,6-7,15-16H2,1-5H3,(H,27,33)(H,29,30)(H,31,32)/t20?,25-,26+/m0/s1. The zero-order valence-electron chi connectivity index (χ0n) is 20.4. The molecular weight excluding hydrogens is 436 g/mol. The number of fused-ring (bicyclic) bond motifs is 1. The first kappa shape index (κ1) is 25.5. The molecule has 8 heteroatoms. The third kappa shape index (κ3) is 4.46. The van der Waals surface area contributed by atoms with Gasteiger partial charge in [0.1, 0.15) is 11.1 Å². The van der Waals surface area contributed by atoms with Gasteiger partial charge in [-0.1, -0.05) is 50.2 Å². The van der Waals surface area contributed by atoms with Crippen LogP contribution in [0.5, 0.6) is 0 Å². The Kier molecular flexibility index (Phi) is 6.94. The van der Waals surface area contributed by atoms with Crippen LogP contribution >= 0.6 is 0 Å². The lowest BCUT2D eigenvalue weighted by Crippen LogP contribution is -2.63. The normalized spacial score (nSPS) is 25.3. The molecule has 1 amide bonds. The number of carboxylic acid groups (broad SMARTS) is 2. The topological polar surface area (TPSA) is 116 Å². The van der Waals surface area contributed by atoms with Gasteiger partial charge in [0.2, 0.25) is 0 Å². The van der Waals surface area contributed by atoms with Crippen LogP contribution in [0.25, 0.3) is 10.8 Å². The first-order valence-electron chi connectivity index (χ1n) is 11.6. The highest BCUT2D eigenvalue weighted by Crippen LogP contribution is 2.47. The van der Waals surface area contributed by atoms with E-state index in [-0.39, 0.29) is 25.9 Å². The van der Waals surface area contributed by atoms with Crippen LogP contribution in [0.1, 0.15) is 53.0 Å². The molecule has 2 aromatic carbocycles. The molecule has 0 saturated carbocycles. The molecule has 0 radical (unpaired) electrons. The van der Waals surface area contributed by atoms with E-state index in [1.165, 1.54) is 0 Å². The van der Waals surface area contributed by atoms with Crippen LogP contribution in [0.15, 0.2) is 42.5 Å². The van der Waals surface area contributed by atoms with Gasteiger partial charge in [-0.15, -0.1) is 0 Å². The Morgan fingerprint density at radius 1 is 1.06 bits per heavy atom. The predicted molar refractivity (Wildman–Crippen MR) is 129 cm³/mol. The van der Waals surface area contributed by atoms with Crippen LogP contribution in [-0.2, 0) is 20.9 Å². The van der Waals surface area contributed by atoms with Crippen molar-refractivity contribution in [2.24, 2.45) is 5.92 Å². The van der Waals surface area contributed by atoms with Crippen LogP contribution in [0.4, 0.5) is 4.79 Å². The number of carboxylic acids is 2. The second kappa shape index (κ2) is 9.25. The number of likely N-dealkylation sites (tertiary alicyclic amines) is 1. The van der Waals surface area contributed by atoms with Crippen LogP contribution in [0, 0.1) is 5.92 Å². The molecule has 0 aromatic heterocycles. The molecule has 1 fully saturated rings. The van der Waals surface area contributed by atoms with Crippen molar-refractivity contribution in [1.29, 1.82) is 0 Å². The molecule has 1 aliphatic heterocycles. The van der Waals surface area contributed by atoms with Crippen molar-refractivity contribution in [3.8, 4) is 0 Å². The summed E-state index contributed by atoms with van der Waals surface area (Å²) < 4.78 is 5.35. The number of hydrogen-bond acceptors (Lipinski definition) is 5. The minimum absolute atomic E-state index is 0.160. The van der Waals surface area contributed by atoms with Crippen molar-refractivity contribution in [3.05, 3.63) is 48.0 Å². The number of hydrogen-bond donors (Lipinski definition) is 3. The number of carbonyl (C=O) groups excluding carboxylic acids is 1. The SMILES string of the molecule is CCC1[C@](CC)(C(=O)O)N(Cc2ccc3ccccc3c2)C[C@@]1(NC(=O)OC(C)(C)C)C(=O)O. The molecule has 184 valence electrons. The molecule has 0 bridgehead atoms. The maximum absolute atomic E-state index is 12.8. The maximum Gasteiger partial charge on any atom is 0.408 e. The zero-order chi connectivity index (χ0) is 25.3. The molecule has 2 aromatic rings. The van der Waals surface area contributed by atoms with Crippen molar-refractivity contribution in [2.45, 2.75) is 70.7 Å². The Labute approximate surface area is 199 Å². The molecule has 1 heterocycles. The summed E-state index contributed by atoms with van der Waals surface area (Å²) in [5.41, 5.74) is -3.26. The molecule has 3 rings (SSSR count). The van der Waals surface area contributed by atoms with E-state index in [1.807, 2.05) is 42.5 Å². The minimum atomic E-state index is -1.82. The van der Waals surface area contributed by atoms with Crippen molar-refractivity contribution in [2.75, 3.05) is 6.54 Å². The lowest BCUT2D eigenvalue weighted by atomic mass is 9.72. The number of amides is 1. The average Bonchev–Trinajstić information content (AvgIpc) is 3.02. The second-order valence-corrected chi connectivity index (χ2v) is 9.98. The third-order valence-corrected chi connectivity index (χ3v) is 6.79. The largest absolute Gasteiger partial charge is 0.480 e. The average molecular weight is 471 g/mol. The number of rotatable bonds is 7. The maximum atomic E-state index is 12.8. The summed E-state index contributed by atoms with van der Waals surface area (Å²) in [6.45, 7) is 8.63. The third-order valence-electron chi connectivity index (χ3n) is 6.79. The highest BCUT2D eigenvalue weighted by molar-refractivity contribution is 5.90. The summed E-state index contributed by atoms with van der Waals surface area (Å²) in [6, 6.07) is 13.7. The first-order valence-corrected chi connectivity index (χ1v) is 11.6. The Bertz CT molecular complexity index is 1090. The number of ether oxygens (including phenoxy) is 1. The number of nitrogens with one attached hydrogen (secondary N) is 1. The monoisotopic (exact) mass is 470 g/mol. The van der Waals surface area contributed by atoms with Gasteiger partial charge in [0.05, 0.1) is 0 Å². The molecule has 0 spiro atoms. The van der Waals surface area contributed by atoms with E-state index in [1.54, 1.807) is 39.5 Å². The Balaban J connectivity index is 2.07. The zero-order valence-corrected chi connectivity index (χ0v) is 20.4. The van der Waals surface area contributed by atoms with Gasteiger partial charge in [-0.3, -0.25) is 9.69 Å². The minimum Gasteiger partial charge on any atom is -0.480 e. The summed E-state index contributed by atoms with van der Waals surface area (Å²) in [7, 11) is 0. The highest BCUT2D eigenvalue weighted by atomic mass is 16.6. The van der Waals surface area contributed by atoms with Crippen molar-refractivity contribution in [3.63, 3.8) is 0 Å². The van der Waals surface area contributed by atoms with E-state index in [9.17, 15) is 24.6 Å². The smallest absolute Gasteiger partial charge is 0.408 e. The Morgan fingerprint density at radius 2 is 1.71 bits per heavy atom. The quantitative estimate of drug-likeness (QED) is 0.553. The molecule has 1 saturated heterocycles. The van der Waals surface area contributed by atoms with Gasteiger partial charge < -0.3 is 20.3 Å². The van der Waals surface area contributed by atoms with E-state index in [0.717, 1.165) is 16.3 Å². The van der Waals surface area contributed by atoms with Crippen LogP contribution < -0.4 is 5.32 Å². The van der Waals surface area contributed by atoms with Gasteiger partial charge >= 0.3 is 18.0 Å². The molecule has 0 aliphatic carbocycles. The Morgan fingerprint density at radius 3 is 2.24 bits per heavy atom. The predicted octanol–water partition coefficient (Wildman–Crippen LogP) is 4.26. The number of carbonyl (C=O) groups is 3. The van der Waals surface area contributed by atoms with Gasteiger partial charge in [-0.05, 0) is 56.0 Å². The van der Waals surface area contributed by atoms with Gasteiger partial charge in [-0.25, -0.2) is 9.59 Å². The fraction of sp³-hybridized carbons (Fsp3) is 0.500. The molecule has 1 aliphatic rings. The molecule has 3 N–H and O–H groups in total. The van der Waals surface area contributed by atoms with Gasteiger partial charge in [0.15, 0.2) is 5.54 Å². The molecule has 8 nitrogen and oxygen atoms in total. The lowest BCUT2D eigenvalue weighted by Gasteiger charge is -2.39. The van der Waals surface area contributed by atoms with Crippen molar-refractivity contribution in [1.82, 2.24) is 10.2 Å². The summed E-state index contributed by atoms with van der Waals surface area (Å²) in [6.07, 6.45) is -0.452. The molecule has 34 heavy (non-hydrogen) atoms. The number of nitrogens with zero attached hydrogens (tertiary/aromatic N) is 1. The summed E-state index contributed by atoms with van der Waals surface area (Å²) in [4.78, 5) is 39.9. The Hall–Kier alpha value is -3.13. The van der Waals surface area contributed by atoms with Crippen LogP contribution in [0.2, 0.25) is 0 Å². The van der Waals surface area contributed by atoms with E-state index in [0.29, 0.717) is 0 Å². The first-order chi connectivity index (χ1) is 15.9. The summed E-state index contributed by atoms with van der Waals surface area (Å²) in [5, 5.41) is 25.4. The van der Waals surface area contributed by atoms with Crippen molar-refractivity contribution < 1.29 is 29.3 Å². The van der Waals surface area contributed by atoms with E-state index >= 15 is 0 Å². The van der Waals surface area contributed by atoms with Crippen LogP contribution in [-0.4, -0.2) is 56.4 Å². The molecule has 3 atom stereocenters. The number of benzene rings is 2. The molecule has 1 unspecified atom stereocenters. The van der Waals surface area contributed by atoms with Gasteiger partial charge in [0.25, 0.3) is 0 Å². The highest BCUT2D eigenvalue weighted by Gasteiger charge is 2.67. The van der Waals surface area contributed by atoms with Crippen molar-refractivity contribution >= 4 is 28.8 Å². The fourth-order valence-corrected chi connectivity index (χ4v) is 5.41. The van der Waals surface area contributed by atoms with E-state index < -0.39 is 40.6 Å². The number of aliphatic carboxylic acids is 2. The fourth-order valence-electron chi connectivity index (χ4n) is 5.41. The summed E-state index contributed by atoms with van der Waals surface area (Å²) >= 11 is 0. The van der Waals surface area contributed by atoms with E-state index in [4.69, 9.17) is 4.74 Å². The van der Waals surface area contributed by atoms with Gasteiger partial charge in [-0.2, -0.15) is 0 Å². The number of alkyl carbamates (subject to hydrolysis) is 1. The lowest BCUT2D eigenvalue weighted by molar-refractivity contribution is -0.154. The van der Waals surface area contributed by atoms with E-state index in [2.05, 4.69) is 5.32 Å². The van der Waals surface area contributed by atoms with Gasteiger partial charge in [0, 0.05) is 19.0 Å². The second-order valence-electron chi connectivity index (χ2n) is 9.98.